The monoisotopic (exact) mass is 297 g/mol. The number of fused-ring (bicyclic) bond motifs is 1. The van der Waals surface area contributed by atoms with Crippen molar-refractivity contribution >= 4 is 33.5 Å². The molecule has 5 heteroatoms. The fourth-order valence-electron chi connectivity index (χ4n) is 1.97. The molecule has 1 amide bonds. The van der Waals surface area contributed by atoms with Crippen LogP contribution in [0.15, 0.2) is 16.6 Å². The number of nitrogens with one attached hydrogen (secondary N) is 1. The molecule has 1 aliphatic heterocycles. The van der Waals surface area contributed by atoms with Crippen molar-refractivity contribution in [2.24, 2.45) is 0 Å². The summed E-state index contributed by atoms with van der Waals surface area (Å²) in [4.78, 5) is 23.3. The molecule has 2 rings (SSSR count). The lowest BCUT2D eigenvalue weighted by Gasteiger charge is -2.16. The predicted molar refractivity (Wildman–Crippen MR) is 67.1 cm³/mol. The third-order valence-electron chi connectivity index (χ3n) is 2.95. The number of hydrogen-bond donors (Lipinski definition) is 1. The summed E-state index contributed by atoms with van der Waals surface area (Å²) in [5.41, 5.74) is 1.35. The van der Waals surface area contributed by atoms with Gasteiger partial charge in [0.25, 0.3) is 0 Å². The van der Waals surface area contributed by atoms with E-state index >= 15 is 0 Å². The first-order chi connectivity index (χ1) is 7.87. The summed E-state index contributed by atoms with van der Waals surface area (Å²) in [6, 6.07) is 3.31. The second-order valence-corrected chi connectivity index (χ2v) is 5.31. The average molecular weight is 298 g/mol. The van der Waals surface area contributed by atoms with Crippen LogP contribution in [0.3, 0.4) is 0 Å². The Hall–Kier alpha value is -1.36. The molecule has 1 aromatic rings. The maximum atomic E-state index is 11.8. The van der Waals surface area contributed by atoms with Gasteiger partial charge >= 0.3 is 5.97 Å². The summed E-state index contributed by atoms with van der Waals surface area (Å²) in [7, 11) is 1.33. The van der Waals surface area contributed by atoms with E-state index in [-0.39, 0.29) is 5.91 Å². The molecule has 17 heavy (non-hydrogen) atoms. The molecular formula is C12H12BrNO3. The smallest absolute Gasteiger partial charge is 0.337 e. The van der Waals surface area contributed by atoms with Gasteiger partial charge in [-0.3, -0.25) is 4.79 Å². The largest absolute Gasteiger partial charge is 0.465 e. The number of benzene rings is 1. The zero-order chi connectivity index (χ0) is 12.8. The number of hydrogen-bond acceptors (Lipinski definition) is 3. The second-order valence-electron chi connectivity index (χ2n) is 4.45. The maximum Gasteiger partial charge on any atom is 0.337 e. The van der Waals surface area contributed by atoms with E-state index < -0.39 is 11.4 Å². The third kappa shape index (κ3) is 1.74. The SMILES string of the molecule is COC(=O)c1cc(Br)c2c(c1)NC(=O)C2(C)C. The maximum absolute atomic E-state index is 11.8. The molecule has 1 heterocycles. The van der Waals surface area contributed by atoms with Gasteiger partial charge in [0.1, 0.15) is 0 Å². The molecule has 0 saturated heterocycles. The third-order valence-corrected chi connectivity index (χ3v) is 3.58. The Morgan fingerprint density at radius 1 is 1.41 bits per heavy atom. The van der Waals surface area contributed by atoms with Crippen LogP contribution in [0.2, 0.25) is 0 Å². The van der Waals surface area contributed by atoms with Crippen molar-refractivity contribution in [1.29, 1.82) is 0 Å². The minimum absolute atomic E-state index is 0.0739. The molecule has 4 nitrogen and oxygen atoms in total. The number of carbonyl (C=O) groups excluding carboxylic acids is 2. The second kappa shape index (κ2) is 3.84. The summed E-state index contributed by atoms with van der Waals surface area (Å²) in [5, 5.41) is 2.77. The van der Waals surface area contributed by atoms with Crippen LogP contribution >= 0.6 is 15.9 Å². The van der Waals surface area contributed by atoms with Gasteiger partial charge in [0.05, 0.1) is 18.1 Å². The topological polar surface area (TPSA) is 55.4 Å². The normalized spacial score (nSPS) is 16.4. The van der Waals surface area contributed by atoms with Gasteiger partial charge in [-0.2, -0.15) is 0 Å². The van der Waals surface area contributed by atoms with Gasteiger partial charge in [-0.05, 0) is 26.0 Å². The van der Waals surface area contributed by atoms with Gasteiger partial charge in [-0.1, -0.05) is 15.9 Å². The lowest BCUT2D eigenvalue weighted by atomic mass is 9.86. The molecule has 0 spiro atoms. The molecule has 0 radical (unpaired) electrons. The molecule has 0 unspecified atom stereocenters. The minimum Gasteiger partial charge on any atom is -0.465 e. The van der Waals surface area contributed by atoms with Gasteiger partial charge in [0, 0.05) is 15.7 Å². The number of ether oxygens (including phenoxy) is 1. The molecule has 0 bridgehead atoms. The molecule has 90 valence electrons. The van der Waals surface area contributed by atoms with Crippen molar-refractivity contribution in [2.45, 2.75) is 19.3 Å². The van der Waals surface area contributed by atoms with Crippen LogP contribution in [0.4, 0.5) is 5.69 Å². The summed E-state index contributed by atoms with van der Waals surface area (Å²) in [5.74, 6) is -0.498. The zero-order valence-corrected chi connectivity index (χ0v) is 11.3. The first-order valence-electron chi connectivity index (χ1n) is 5.11. The van der Waals surface area contributed by atoms with Crippen LogP contribution in [0, 0.1) is 0 Å². The Kier molecular flexibility index (Phi) is 2.73. The Morgan fingerprint density at radius 3 is 2.65 bits per heavy atom. The van der Waals surface area contributed by atoms with Crippen molar-refractivity contribution in [3.63, 3.8) is 0 Å². The van der Waals surface area contributed by atoms with E-state index in [9.17, 15) is 9.59 Å². The van der Waals surface area contributed by atoms with E-state index in [0.717, 1.165) is 10.0 Å². The van der Waals surface area contributed by atoms with Crippen molar-refractivity contribution < 1.29 is 14.3 Å². The molecule has 0 atom stereocenters. The van der Waals surface area contributed by atoms with E-state index in [0.29, 0.717) is 11.3 Å². The van der Waals surface area contributed by atoms with Crippen molar-refractivity contribution in [3.8, 4) is 0 Å². The van der Waals surface area contributed by atoms with Crippen molar-refractivity contribution in [3.05, 3.63) is 27.7 Å². The molecule has 1 N–H and O–H groups in total. The summed E-state index contributed by atoms with van der Waals surface area (Å²) in [6.45, 7) is 3.69. The highest BCUT2D eigenvalue weighted by atomic mass is 79.9. The lowest BCUT2D eigenvalue weighted by Crippen LogP contribution is -2.27. The van der Waals surface area contributed by atoms with Gasteiger partial charge in [-0.25, -0.2) is 4.79 Å². The fourth-order valence-corrected chi connectivity index (χ4v) is 2.92. The fraction of sp³-hybridized carbons (Fsp3) is 0.333. The number of rotatable bonds is 1. The molecule has 0 aliphatic carbocycles. The molecular weight excluding hydrogens is 286 g/mol. The number of anilines is 1. The van der Waals surface area contributed by atoms with Crippen LogP contribution in [-0.2, 0) is 14.9 Å². The van der Waals surface area contributed by atoms with E-state index in [2.05, 4.69) is 26.0 Å². The lowest BCUT2D eigenvalue weighted by molar-refractivity contribution is -0.119. The summed E-state index contributed by atoms with van der Waals surface area (Å²) >= 11 is 3.40. The highest BCUT2D eigenvalue weighted by Crippen LogP contribution is 2.42. The molecule has 1 aromatic carbocycles. The number of amides is 1. The Labute approximate surface area is 107 Å². The van der Waals surface area contributed by atoms with E-state index in [1.54, 1.807) is 12.1 Å². The number of halogens is 1. The summed E-state index contributed by atoms with van der Waals surface area (Å²) in [6.07, 6.45) is 0. The van der Waals surface area contributed by atoms with Crippen LogP contribution in [-0.4, -0.2) is 19.0 Å². The van der Waals surface area contributed by atoms with E-state index in [1.807, 2.05) is 13.8 Å². The summed E-state index contributed by atoms with van der Waals surface area (Å²) < 4.78 is 5.39. The zero-order valence-electron chi connectivity index (χ0n) is 9.76. The Bertz CT molecular complexity index is 523. The predicted octanol–water partition coefficient (Wildman–Crippen LogP) is 2.47. The molecule has 1 aliphatic rings. The van der Waals surface area contributed by atoms with Gasteiger partial charge in [-0.15, -0.1) is 0 Å². The number of methoxy groups -OCH3 is 1. The van der Waals surface area contributed by atoms with E-state index in [4.69, 9.17) is 0 Å². The number of carbonyl (C=O) groups is 2. The highest BCUT2D eigenvalue weighted by Gasteiger charge is 2.40. The van der Waals surface area contributed by atoms with Crippen molar-refractivity contribution in [2.75, 3.05) is 12.4 Å². The van der Waals surface area contributed by atoms with Crippen LogP contribution in [0.1, 0.15) is 29.8 Å². The van der Waals surface area contributed by atoms with Gasteiger partial charge < -0.3 is 10.1 Å². The van der Waals surface area contributed by atoms with Crippen molar-refractivity contribution in [1.82, 2.24) is 0 Å². The molecule has 0 fully saturated rings. The average Bonchev–Trinajstić information content (AvgIpc) is 2.48. The molecule has 0 saturated carbocycles. The van der Waals surface area contributed by atoms with Crippen LogP contribution in [0.25, 0.3) is 0 Å². The standard InChI is InChI=1S/C12H12BrNO3/c1-12(2)9-7(13)4-6(10(15)17-3)5-8(9)14-11(12)16/h4-5H,1-3H3,(H,14,16). The van der Waals surface area contributed by atoms with Crippen LogP contribution < -0.4 is 5.32 Å². The van der Waals surface area contributed by atoms with Gasteiger partial charge in [0.2, 0.25) is 5.91 Å². The number of esters is 1. The van der Waals surface area contributed by atoms with Gasteiger partial charge in [0.15, 0.2) is 0 Å². The Morgan fingerprint density at radius 2 is 2.06 bits per heavy atom. The Balaban J connectivity index is 2.60. The van der Waals surface area contributed by atoms with E-state index in [1.165, 1.54) is 7.11 Å². The highest BCUT2D eigenvalue weighted by molar-refractivity contribution is 9.10. The first-order valence-corrected chi connectivity index (χ1v) is 5.91. The first kappa shape index (κ1) is 12.1. The molecule has 0 aromatic heterocycles. The quantitative estimate of drug-likeness (QED) is 0.810. The minimum atomic E-state index is -0.594. The van der Waals surface area contributed by atoms with Crippen LogP contribution in [0.5, 0.6) is 0 Å².